The molecule has 1 atom stereocenters. The van der Waals surface area contributed by atoms with E-state index in [4.69, 9.17) is 0 Å². The molecule has 0 radical (unpaired) electrons. The van der Waals surface area contributed by atoms with Crippen molar-refractivity contribution in [1.29, 1.82) is 0 Å². The van der Waals surface area contributed by atoms with Gasteiger partial charge in [0.2, 0.25) is 0 Å². The molecular weight excluding hydrogens is 174 g/mol. The highest BCUT2D eigenvalue weighted by Crippen LogP contribution is 2.48. The average Bonchev–Trinajstić information content (AvgIpc) is 2.77. The van der Waals surface area contributed by atoms with Crippen molar-refractivity contribution in [2.24, 2.45) is 12.5 Å². The van der Waals surface area contributed by atoms with Crippen molar-refractivity contribution in [2.75, 3.05) is 5.32 Å². The van der Waals surface area contributed by atoms with Crippen LogP contribution in [0.3, 0.4) is 0 Å². The average molecular weight is 193 g/mol. The number of nitrogens with one attached hydrogen (secondary N) is 1. The molecule has 1 N–H and O–H groups in total. The molecule has 3 nitrogen and oxygen atoms in total. The van der Waals surface area contributed by atoms with Crippen LogP contribution >= 0.6 is 0 Å². The SMILES string of the molecule is Cc1cc(NC(C)C2(C)CC2)nn1C. The highest BCUT2D eigenvalue weighted by Gasteiger charge is 2.42. The minimum absolute atomic E-state index is 0.505. The lowest BCUT2D eigenvalue weighted by Crippen LogP contribution is -2.25. The van der Waals surface area contributed by atoms with Gasteiger partial charge in [0.05, 0.1) is 0 Å². The molecule has 1 aliphatic rings. The highest BCUT2D eigenvalue weighted by atomic mass is 15.3. The van der Waals surface area contributed by atoms with Gasteiger partial charge in [-0.2, -0.15) is 5.10 Å². The number of rotatable bonds is 3. The Morgan fingerprint density at radius 3 is 2.64 bits per heavy atom. The third-order valence-electron chi connectivity index (χ3n) is 3.56. The largest absolute Gasteiger partial charge is 0.366 e. The van der Waals surface area contributed by atoms with Gasteiger partial charge in [0.25, 0.3) is 0 Å². The van der Waals surface area contributed by atoms with Crippen molar-refractivity contribution in [2.45, 2.75) is 39.7 Å². The number of nitrogens with zero attached hydrogens (tertiary/aromatic N) is 2. The van der Waals surface area contributed by atoms with Crippen LogP contribution in [0.2, 0.25) is 0 Å². The van der Waals surface area contributed by atoms with E-state index in [9.17, 15) is 0 Å². The summed E-state index contributed by atoms with van der Waals surface area (Å²) in [6.07, 6.45) is 2.68. The fraction of sp³-hybridized carbons (Fsp3) is 0.727. The maximum absolute atomic E-state index is 4.40. The summed E-state index contributed by atoms with van der Waals surface area (Å²) in [6, 6.07) is 2.62. The topological polar surface area (TPSA) is 29.9 Å². The molecule has 1 aliphatic carbocycles. The van der Waals surface area contributed by atoms with Crippen LogP contribution in [0.15, 0.2) is 6.07 Å². The summed E-state index contributed by atoms with van der Waals surface area (Å²) in [6.45, 7) is 6.65. The quantitative estimate of drug-likeness (QED) is 0.798. The van der Waals surface area contributed by atoms with Crippen molar-refractivity contribution >= 4 is 5.82 Å². The van der Waals surface area contributed by atoms with Crippen LogP contribution in [0.25, 0.3) is 0 Å². The molecule has 1 heterocycles. The Labute approximate surface area is 85.5 Å². The Bertz CT molecular complexity index is 317. The molecule has 1 aromatic rings. The van der Waals surface area contributed by atoms with Crippen LogP contribution in [0.5, 0.6) is 0 Å². The Balaban J connectivity index is 2.03. The number of aromatic nitrogens is 2. The van der Waals surface area contributed by atoms with Crippen molar-refractivity contribution in [3.63, 3.8) is 0 Å². The van der Waals surface area contributed by atoms with Crippen molar-refractivity contribution in [3.05, 3.63) is 11.8 Å². The fourth-order valence-electron chi connectivity index (χ4n) is 1.66. The minimum Gasteiger partial charge on any atom is -0.366 e. The van der Waals surface area contributed by atoms with E-state index in [0.717, 1.165) is 5.82 Å². The molecule has 14 heavy (non-hydrogen) atoms. The fourth-order valence-corrected chi connectivity index (χ4v) is 1.66. The normalized spacial score (nSPS) is 20.6. The number of anilines is 1. The number of aryl methyl sites for hydroxylation is 2. The Morgan fingerprint density at radius 2 is 2.21 bits per heavy atom. The maximum atomic E-state index is 4.40. The Hall–Kier alpha value is -0.990. The molecule has 0 aromatic carbocycles. The molecule has 1 fully saturated rings. The van der Waals surface area contributed by atoms with E-state index in [2.05, 4.69) is 37.3 Å². The zero-order chi connectivity index (χ0) is 10.3. The molecule has 0 bridgehead atoms. The molecule has 0 amide bonds. The maximum Gasteiger partial charge on any atom is 0.148 e. The molecule has 1 unspecified atom stereocenters. The zero-order valence-electron chi connectivity index (χ0n) is 9.46. The van der Waals surface area contributed by atoms with Crippen LogP contribution in [0, 0.1) is 12.3 Å². The van der Waals surface area contributed by atoms with Gasteiger partial charge in [-0.3, -0.25) is 4.68 Å². The zero-order valence-corrected chi connectivity index (χ0v) is 9.46. The molecule has 2 rings (SSSR count). The molecule has 0 saturated heterocycles. The second-order valence-electron chi connectivity index (χ2n) is 4.81. The van der Waals surface area contributed by atoms with Crippen LogP contribution in [-0.4, -0.2) is 15.8 Å². The first-order valence-corrected chi connectivity index (χ1v) is 5.28. The van der Waals surface area contributed by atoms with E-state index >= 15 is 0 Å². The number of hydrogen-bond donors (Lipinski definition) is 1. The van der Waals surface area contributed by atoms with Crippen molar-refractivity contribution in [1.82, 2.24) is 9.78 Å². The Kier molecular flexibility index (Phi) is 2.05. The van der Waals surface area contributed by atoms with E-state index in [1.807, 2.05) is 11.7 Å². The molecular formula is C11H19N3. The second-order valence-corrected chi connectivity index (χ2v) is 4.81. The van der Waals surface area contributed by atoms with Gasteiger partial charge < -0.3 is 5.32 Å². The van der Waals surface area contributed by atoms with E-state index in [-0.39, 0.29) is 0 Å². The van der Waals surface area contributed by atoms with Crippen LogP contribution in [0.1, 0.15) is 32.4 Å². The molecule has 3 heteroatoms. The summed E-state index contributed by atoms with van der Waals surface area (Å²) in [4.78, 5) is 0. The highest BCUT2D eigenvalue weighted by molar-refractivity contribution is 5.37. The molecule has 1 saturated carbocycles. The third-order valence-corrected chi connectivity index (χ3v) is 3.56. The van der Waals surface area contributed by atoms with Gasteiger partial charge in [-0.15, -0.1) is 0 Å². The lowest BCUT2D eigenvalue weighted by molar-refractivity contribution is 0.491. The monoisotopic (exact) mass is 193 g/mol. The van der Waals surface area contributed by atoms with Gasteiger partial charge in [-0.1, -0.05) is 6.92 Å². The smallest absolute Gasteiger partial charge is 0.148 e. The van der Waals surface area contributed by atoms with Gasteiger partial charge in [0.1, 0.15) is 5.82 Å². The first kappa shape index (κ1) is 9.56. The van der Waals surface area contributed by atoms with Crippen LogP contribution in [-0.2, 0) is 7.05 Å². The van der Waals surface area contributed by atoms with E-state index in [1.165, 1.54) is 18.5 Å². The first-order valence-electron chi connectivity index (χ1n) is 5.28. The standard InChI is InChI=1S/C11H19N3/c1-8-7-10(13-14(8)4)12-9(2)11(3)5-6-11/h7,9H,5-6H2,1-4H3,(H,12,13). The van der Waals surface area contributed by atoms with E-state index in [1.54, 1.807) is 0 Å². The van der Waals surface area contributed by atoms with Gasteiger partial charge in [-0.05, 0) is 32.1 Å². The first-order chi connectivity index (χ1) is 6.51. The molecule has 1 aromatic heterocycles. The van der Waals surface area contributed by atoms with E-state index in [0.29, 0.717) is 11.5 Å². The summed E-state index contributed by atoms with van der Waals surface area (Å²) >= 11 is 0. The van der Waals surface area contributed by atoms with Crippen LogP contribution in [0.4, 0.5) is 5.82 Å². The third kappa shape index (κ3) is 1.63. The summed E-state index contributed by atoms with van der Waals surface area (Å²) in [5.74, 6) is 1.01. The summed E-state index contributed by atoms with van der Waals surface area (Å²) in [5.41, 5.74) is 1.70. The minimum atomic E-state index is 0.505. The predicted octanol–water partition coefficient (Wildman–Crippen LogP) is 2.33. The molecule has 0 aliphatic heterocycles. The summed E-state index contributed by atoms with van der Waals surface area (Å²) < 4.78 is 1.91. The van der Waals surface area contributed by atoms with Crippen molar-refractivity contribution < 1.29 is 0 Å². The number of hydrogen-bond acceptors (Lipinski definition) is 2. The lowest BCUT2D eigenvalue weighted by atomic mass is 10.0. The second kappa shape index (κ2) is 3.01. The van der Waals surface area contributed by atoms with Crippen LogP contribution < -0.4 is 5.32 Å². The summed E-state index contributed by atoms with van der Waals surface area (Å²) in [5, 5.41) is 7.87. The van der Waals surface area contributed by atoms with Gasteiger partial charge >= 0.3 is 0 Å². The van der Waals surface area contributed by atoms with E-state index < -0.39 is 0 Å². The summed E-state index contributed by atoms with van der Waals surface area (Å²) in [7, 11) is 1.98. The van der Waals surface area contributed by atoms with Gasteiger partial charge in [-0.25, -0.2) is 0 Å². The van der Waals surface area contributed by atoms with Crippen molar-refractivity contribution in [3.8, 4) is 0 Å². The molecule has 0 spiro atoms. The Morgan fingerprint density at radius 1 is 1.57 bits per heavy atom. The lowest BCUT2D eigenvalue weighted by Gasteiger charge is -2.19. The van der Waals surface area contributed by atoms with Gasteiger partial charge in [0.15, 0.2) is 0 Å². The predicted molar refractivity (Wildman–Crippen MR) is 58.4 cm³/mol. The van der Waals surface area contributed by atoms with Gasteiger partial charge in [0, 0.05) is 24.8 Å². The molecule has 78 valence electrons.